The Balaban J connectivity index is 1.79. The lowest BCUT2D eigenvalue weighted by Gasteiger charge is -2.22. The number of fused-ring (bicyclic) bond motifs is 1. The maximum atomic E-state index is 12.3. The van der Waals surface area contributed by atoms with Crippen LogP contribution in [0, 0.1) is 13.8 Å². The Kier molecular flexibility index (Phi) is 4.44. The highest BCUT2D eigenvalue weighted by Crippen LogP contribution is 2.32. The van der Waals surface area contributed by atoms with Crippen molar-refractivity contribution in [1.29, 1.82) is 0 Å². The van der Waals surface area contributed by atoms with Crippen molar-refractivity contribution in [3.05, 3.63) is 34.0 Å². The zero-order valence-corrected chi connectivity index (χ0v) is 13.9. The van der Waals surface area contributed by atoms with Gasteiger partial charge in [0, 0.05) is 22.0 Å². The molecule has 0 atom stereocenters. The molecule has 0 spiro atoms. The molecule has 4 heteroatoms. The van der Waals surface area contributed by atoms with Crippen molar-refractivity contribution in [2.45, 2.75) is 58.4 Å². The molecule has 1 N–H and O–H groups in total. The molecule has 0 bridgehead atoms. The fourth-order valence-electron chi connectivity index (χ4n) is 3.44. The Morgan fingerprint density at radius 3 is 2.77 bits per heavy atom. The molecule has 3 nitrogen and oxygen atoms in total. The maximum absolute atomic E-state index is 12.3. The summed E-state index contributed by atoms with van der Waals surface area (Å²) in [6.07, 6.45) is 7.96. The summed E-state index contributed by atoms with van der Waals surface area (Å²) in [6, 6.07) is 2.28. The van der Waals surface area contributed by atoms with Crippen molar-refractivity contribution in [1.82, 2.24) is 5.32 Å². The first-order valence-corrected chi connectivity index (χ1v) is 8.39. The van der Waals surface area contributed by atoms with Gasteiger partial charge in [0.1, 0.15) is 5.58 Å². The number of carbonyl (C=O) groups is 1. The van der Waals surface area contributed by atoms with Crippen LogP contribution in [-0.4, -0.2) is 11.9 Å². The van der Waals surface area contributed by atoms with Crippen molar-refractivity contribution in [2.75, 3.05) is 0 Å². The largest absolute Gasteiger partial charge is 0.464 e. The fourth-order valence-corrected chi connectivity index (χ4v) is 3.59. The first kappa shape index (κ1) is 15.4. The average molecular weight is 320 g/mol. The number of aryl methyl sites for hydroxylation is 2. The highest BCUT2D eigenvalue weighted by molar-refractivity contribution is 6.33. The molecular weight excluding hydrogens is 298 g/mol. The van der Waals surface area contributed by atoms with Crippen LogP contribution in [0.15, 0.2) is 16.7 Å². The van der Waals surface area contributed by atoms with Crippen LogP contribution in [0.2, 0.25) is 5.02 Å². The average Bonchev–Trinajstić information content (AvgIpc) is 2.88. The van der Waals surface area contributed by atoms with E-state index in [0.717, 1.165) is 45.5 Å². The van der Waals surface area contributed by atoms with E-state index in [0.29, 0.717) is 12.5 Å². The van der Waals surface area contributed by atoms with E-state index in [1.807, 2.05) is 19.9 Å². The summed E-state index contributed by atoms with van der Waals surface area (Å²) < 4.78 is 5.62. The molecule has 1 aromatic heterocycles. The van der Waals surface area contributed by atoms with Crippen LogP contribution in [0.1, 0.15) is 48.8 Å². The van der Waals surface area contributed by atoms with E-state index in [1.165, 1.54) is 19.3 Å². The zero-order valence-electron chi connectivity index (χ0n) is 13.2. The molecule has 0 saturated heterocycles. The van der Waals surface area contributed by atoms with Gasteiger partial charge in [-0.1, -0.05) is 30.9 Å². The number of nitrogens with one attached hydrogen (secondary N) is 1. The Morgan fingerprint density at radius 1 is 1.32 bits per heavy atom. The van der Waals surface area contributed by atoms with E-state index in [1.54, 1.807) is 6.26 Å². The van der Waals surface area contributed by atoms with Crippen LogP contribution in [0.25, 0.3) is 11.0 Å². The van der Waals surface area contributed by atoms with Crippen molar-refractivity contribution >= 4 is 28.5 Å². The number of halogens is 1. The second kappa shape index (κ2) is 6.33. The van der Waals surface area contributed by atoms with Gasteiger partial charge in [0.15, 0.2) is 0 Å². The predicted octanol–water partition coefficient (Wildman–Crippen LogP) is 4.69. The molecule has 1 amide bonds. The van der Waals surface area contributed by atoms with Crippen LogP contribution in [0.3, 0.4) is 0 Å². The van der Waals surface area contributed by atoms with Gasteiger partial charge in [0.2, 0.25) is 5.91 Å². The molecule has 0 radical (unpaired) electrons. The first-order chi connectivity index (χ1) is 10.6. The summed E-state index contributed by atoms with van der Waals surface area (Å²) >= 11 is 6.34. The van der Waals surface area contributed by atoms with Gasteiger partial charge < -0.3 is 9.73 Å². The molecule has 1 saturated carbocycles. The Labute approximate surface area is 136 Å². The number of carbonyl (C=O) groups excluding carboxylic acids is 1. The lowest BCUT2D eigenvalue weighted by atomic mass is 9.95. The molecule has 0 aliphatic heterocycles. The molecule has 1 aliphatic rings. The quantitative estimate of drug-likeness (QED) is 0.891. The van der Waals surface area contributed by atoms with Crippen molar-refractivity contribution in [2.24, 2.45) is 0 Å². The van der Waals surface area contributed by atoms with Gasteiger partial charge in [-0.2, -0.15) is 0 Å². The van der Waals surface area contributed by atoms with Gasteiger partial charge in [0.25, 0.3) is 0 Å². The van der Waals surface area contributed by atoms with Gasteiger partial charge in [-0.05, 0) is 43.9 Å². The standard InChI is InChI=1S/C18H22ClNO2/c1-11-8-15-17(12(2)18(11)19)13(10-22-15)9-16(21)20-14-6-4-3-5-7-14/h8,10,14H,3-7,9H2,1-2H3,(H,20,21). The summed E-state index contributed by atoms with van der Waals surface area (Å²) in [4.78, 5) is 12.3. The Hall–Kier alpha value is -1.48. The van der Waals surface area contributed by atoms with Crippen LogP contribution < -0.4 is 5.32 Å². The van der Waals surface area contributed by atoms with Gasteiger partial charge >= 0.3 is 0 Å². The number of rotatable bonds is 3. The summed E-state index contributed by atoms with van der Waals surface area (Å²) in [5.41, 5.74) is 3.72. The van der Waals surface area contributed by atoms with Gasteiger partial charge in [0.05, 0.1) is 12.7 Å². The molecule has 1 fully saturated rings. The third-order valence-electron chi connectivity index (χ3n) is 4.62. The summed E-state index contributed by atoms with van der Waals surface area (Å²) in [5, 5.41) is 4.89. The number of benzene rings is 1. The van der Waals surface area contributed by atoms with E-state index in [4.69, 9.17) is 16.0 Å². The third kappa shape index (κ3) is 3.00. The smallest absolute Gasteiger partial charge is 0.224 e. The second-order valence-electron chi connectivity index (χ2n) is 6.35. The Bertz CT molecular complexity index is 699. The number of furan rings is 1. The van der Waals surface area contributed by atoms with Gasteiger partial charge in [-0.25, -0.2) is 0 Å². The van der Waals surface area contributed by atoms with Crippen LogP contribution >= 0.6 is 11.6 Å². The second-order valence-corrected chi connectivity index (χ2v) is 6.72. The minimum Gasteiger partial charge on any atom is -0.464 e. The SMILES string of the molecule is Cc1cc2occ(CC(=O)NC3CCCCC3)c2c(C)c1Cl. The predicted molar refractivity (Wildman–Crippen MR) is 89.4 cm³/mol. The van der Waals surface area contributed by atoms with E-state index in [9.17, 15) is 4.79 Å². The minimum atomic E-state index is 0.0747. The number of amides is 1. The number of hydrogen-bond donors (Lipinski definition) is 1. The van der Waals surface area contributed by atoms with Gasteiger partial charge in [-0.15, -0.1) is 0 Å². The van der Waals surface area contributed by atoms with E-state index < -0.39 is 0 Å². The lowest BCUT2D eigenvalue weighted by molar-refractivity contribution is -0.121. The van der Waals surface area contributed by atoms with Gasteiger partial charge in [-0.3, -0.25) is 4.79 Å². The van der Waals surface area contributed by atoms with E-state index in [-0.39, 0.29) is 5.91 Å². The first-order valence-electron chi connectivity index (χ1n) is 8.01. The molecule has 0 unspecified atom stereocenters. The van der Waals surface area contributed by atoms with Crippen LogP contribution in [0.5, 0.6) is 0 Å². The topological polar surface area (TPSA) is 42.2 Å². The molecule has 1 heterocycles. The minimum absolute atomic E-state index is 0.0747. The molecule has 1 aromatic carbocycles. The molecule has 1 aliphatic carbocycles. The highest BCUT2D eigenvalue weighted by Gasteiger charge is 2.19. The highest BCUT2D eigenvalue weighted by atomic mass is 35.5. The molecular formula is C18H22ClNO2. The fraction of sp³-hybridized carbons (Fsp3) is 0.500. The molecule has 118 valence electrons. The monoisotopic (exact) mass is 319 g/mol. The van der Waals surface area contributed by atoms with Crippen molar-refractivity contribution < 1.29 is 9.21 Å². The summed E-state index contributed by atoms with van der Waals surface area (Å²) in [7, 11) is 0. The van der Waals surface area contributed by atoms with Crippen molar-refractivity contribution in [3.8, 4) is 0 Å². The summed E-state index contributed by atoms with van der Waals surface area (Å²) in [5.74, 6) is 0.0747. The molecule has 3 rings (SSSR count). The molecule has 2 aromatic rings. The van der Waals surface area contributed by atoms with Crippen LogP contribution in [-0.2, 0) is 11.2 Å². The van der Waals surface area contributed by atoms with Crippen LogP contribution in [0.4, 0.5) is 0 Å². The third-order valence-corrected chi connectivity index (χ3v) is 5.20. The van der Waals surface area contributed by atoms with E-state index >= 15 is 0 Å². The normalized spacial score (nSPS) is 16.1. The maximum Gasteiger partial charge on any atom is 0.224 e. The summed E-state index contributed by atoms with van der Waals surface area (Å²) in [6.45, 7) is 3.95. The Morgan fingerprint density at radius 2 is 2.05 bits per heavy atom. The van der Waals surface area contributed by atoms with E-state index in [2.05, 4.69) is 5.32 Å². The molecule has 22 heavy (non-hydrogen) atoms. The van der Waals surface area contributed by atoms with Crippen molar-refractivity contribution in [3.63, 3.8) is 0 Å². The zero-order chi connectivity index (χ0) is 15.7. The number of hydrogen-bond acceptors (Lipinski definition) is 2. The lowest BCUT2D eigenvalue weighted by Crippen LogP contribution is -2.37.